The number of nitrogens with zero attached hydrogens (tertiary/aromatic N) is 2. The highest BCUT2D eigenvalue weighted by atomic mass is 16.7. The van der Waals surface area contributed by atoms with E-state index in [1.165, 1.54) is 0 Å². The molecule has 2 heterocycles. The second-order valence-electron chi connectivity index (χ2n) is 4.47. The van der Waals surface area contributed by atoms with Crippen LogP contribution in [0.1, 0.15) is 12.8 Å². The van der Waals surface area contributed by atoms with Crippen molar-refractivity contribution in [3.8, 4) is 0 Å². The summed E-state index contributed by atoms with van der Waals surface area (Å²) < 4.78 is 0. The first kappa shape index (κ1) is 13.0. The van der Waals surface area contributed by atoms with Gasteiger partial charge in [0.2, 0.25) is 0 Å². The summed E-state index contributed by atoms with van der Waals surface area (Å²) in [5, 5.41) is 3.83. The van der Waals surface area contributed by atoms with Gasteiger partial charge in [0.15, 0.2) is 0 Å². The highest BCUT2D eigenvalue weighted by Gasteiger charge is 2.32. The van der Waals surface area contributed by atoms with Gasteiger partial charge >= 0.3 is 6.09 Å². The van der Waals surface area contributed by atoms with Crippen LogP contribution in [0, 0.1) is 0 Å². The minimum absolute atomic E-state index is 0.0575. The zero-order valence-corrected chi connectivity index (χ0v) is 10.9. The molecule has 2 aromatic rings. The van der Waals surface area contributed by atoms with Crippen molar-refractivity contribution in [2.75, 3.05) is 5.32 Å². The molecule has 3 rings (SSSR count). The zero-order valence-electron chi connectivity index (χ0n) is 10.9. The lowest BCUT2D eigenvalue weighted by molar-refractivity contribution is -0.170. The molecule has 0 spiro atoms. The van der Waals surface area contributed by atoms with Crippen LogP contribution in [0.5, 0.6) is 0 Å². The Morgan fingerprint density at radius 2 is 1.86 bits per heavy atom. The Hall–Kier alpha value is -2.96. The molecule has 0 atom stereocenters. The van der Waals surface area contributed by atoms with Crippen LogP contribution in [0.15, 0.2) is 36.5 Å². The third-order valence-corrected chi connectivity index (χ3v) is 3.05. The molecule has 1 aliphatic rings. The Morgan fingerprint density at radius 1 is 1.14 bits per heavy atom. The predicted molar refractivity (Wildman–Crippen MR) is 72.9 cm³/mol. The lowest BCUT2D eigenvalue weighted by atomic mass is 10.2. The molecular formula is C14H11N3O4. The van der Waals surface area contributed by atoms with E-state index >= 15 is 0 Å². The van der Waals surface area contributed by atoms with Crippen LogP contribution in [0.4, 0.5) is 10.5 Å². The summed E-state index contributed by atoms with van der Waals surface area (Å²) >= 11 is 0. The van der Waals surface area contributed by atoms with Crippen LogP contribution in [-0.2, 0) is 14.4 Å². The average Bonchev–Trinajstić information content (AvgIpc) is 2.79. The summed E-state index contributed by atoms with van der Waals surface area (Å²) in [6.07, 6.45) is 0.813. The predicted octanol–water partition coefficient (Wildman–Crippen LogP) is 1.85. The number of amides is 3. The van der Waals surface area contributed by atoms with Gasteiger partial charge in [-0.3, -0.25) is 19.9 Å². The smallest absolute Gasteiger partial charge is 0.311 e. The van der Waals surface area contributed by atoms with Gasteiger partial charge in [-0.15, -0.1) is 5.06 Å². The van der Waals surface area contributed by atoms with E-state index in [1.54, 1.807) is 24.4 Å². The Morgan fingerprint density at radius 3 is 2.62 bits per heavy atom. The first-order chi connectivity index (χ1) is 10.1. The van der Waals surface area contributed by atoms with E-state index in [4.69, 9.17) is 4.84 Å². The van der Waals surface area contributed by atoms with Gasteiger partial charge in [-0.1, -0.05) is 18.2 Å². The van der Waals surface area contributed by atoms with E-state index in [1.807, 2.05) is 12.1 Å². The number of benzene rings is 1. The molecule has 7 heteroatoms. The Kier molecular flexibility index (Phi) is 3.23. The number of nitrogens with one attached hydrogen (secondary N) is 1. The molecule has 7 nitrogen and oxygen atoms in total. The fourth-order valence-electron chi connectivity index (χ4n) is 2.08. The number of hydrogen-bond acceptors (Lipinski definition) is 5. The van der Waals surface area contributed by atoms with Crippen molar-refractivity contribution in [3.05, 3.63) is 36.5 Å². The summed E-state index contributed by atoms with van der Waals surface area (Å²) in [6, 6.07) is 8.90. The minimum atomic E-state index is -0.906. The van der Waals surface area contributed by atoms with Gasteiger partial charge in [-0.05, 0) is 12.1 Å². The highest BCUT2D eigenvalue weighted by Crippen LogP contribution is 2.21. The largest absolute Gasteiger partial charge is 0.436 e. The number of imide groups is 1. The van der Waals surface area contributed by atoms with Crippen molar-refractivity contribution < 1.29 is 19.2 Å². The van der Waals surface area contributed by atoms with Crippen LogP contribution in [-0.4, -0.2) is 28.0 Å². The number of hydroxylamine groups is 2. The molecule has 106 valence electrons. The van der Waals surface area contributed by atoms with Crippen molar-refractivity contribution in [2.24, 2.45) is 0 Å². The molecule has 1 saturated heterocycles. The lowest BCUT2D eigenvalue weighted by Gasteiger charge is -2.13. The molecule has 1 N–H and O–H groups in total. The second kappa shape index (κ2) is 5.20. The van der Waals surface area contributed by atoms with E-state index in [9.17, 15) is 14.4 Å². The molecule has 0 unspecified atom stereocenters. The standard InChI is InChI=1S/C14H11N3O4/c18-11-6-7-12(19)17(11)21-14(20)16-10-5-1-3-9-4-2-8-15-13(9)10/h1-5,8H,6-7H2,(H,16,20). The highest BCUT2D eigenvalue weighted by molar-refractivity contribution is 6.03. The number of fused-ring (bicyclic) bond motifs is 1. The number of carbonyl (C=O) groups is 3. The topological polar surface area (TPSA) is 88.6 Å². The van der Waals surface area contributed by atoms with Gasteiger partial charge in [0.1, 0.15) is 0 Å². The monoisotopic (exact) mass is 285 g/mol. The molecule has 0 bridgehead atoms. The lowest BCUT2D eigenvalue weighted by Crippen LogP contribution is -2.33. The first-order valence-corrected chi connectivity index (χ1v) is 6.33. The van der Waals surface area contributed by atoms with E-state index < -0.39 is 17.9 Å². The van der Waals surface area contributed by atoms with Gasteiger partial charge in [0, 0.05) is 24.4 Å². The summed E-state index contributed by atoms with van der Waals surface area (Å²) in [4.78, 5) is 43.5. The summed E-state index contributed by atoms with van der Waals surface area (Å²) in [5.41, 5.74) is 1.04. The van der Waals surface area contributed by atoms with Gasteiger partial charge in [-0.2, -0.15) is 0 Å². The number of carbonyl (C=O) groups excluding carboxylic acids is 3. The number of aromatic nitrogens is 1. The van der Waals surface area contributed by atoms with Crippen molar-refractivity contribution in [2.45, 2.75) is 12.8 Å². The molecule has 0 saturated carbocycles. The van der Waals surface area contributed by atoms with Crippen molar-refractivity contribution >= 4 is 34.5 Å². The van der Waals surface area contributed by atoms with E-state index in [-0.39, 0.29) is 12.8 Å². The van der Waals surface area contributed by atoms with Gasteiger partial charge in [0.05, 0.1) is 11.2 Å². The average molecular weight is 285 g/mol. The van der Waals surface area contributed by atoms with Crippen LogP contribution in [0.3, 0.4) is 0 Å². The maximum atomic E-state index is 11.8. The number of pyridine rings is 1. The van der Waals surface area contributed by atoms with Gasteiger partial charge < -0.3 is 4.84 Å². The Balaban J connectivity index is 1.78. The number of para-hydroxylation sites is 1. The van der Waals surface area contributed by atoms with E-state index in [0.717, 1.165) is 5.39 Å². The molecule has 1 aromatic carbocycles. The Labute approximate surface area is 119 Å². The maximum absolute atomic E-state index is 11.8. The molecule has 0 aliphatic carbocycles. The van der Waals surface area contributed by atoms with Crippen LogP contribution in [0.25, 0.3) is 10.9 Å². The summed E-state index contributed by atoms with van der Waals surface area (Å²) in [6.45, 7) is 0. The van der Waals surface area contributed by atoms with Crippen LogP contribution in [0.2, 0.25) is 0 Å². The van der Waals surface area contributed by atoms with Crippen molar-refractivity contribution in [1.82, 2.24) is 10.0 Å². The minimum Gasteiger partial charge on any atom is -0.311 e. The second-order valence-corrected chi connectivity index (χ2v) is 4.47. The molecular weight excluding hydrogens is 274 g/mol. The van der Waals surface area contributed by atoms with E-state index in [0.29, 0.717) is 16.3 Å². The summed E-state index contributed by atoms with van der Waals surface area (Å²) in [5.74, 6) is -1.04. The SMILES string of the molecule is O=C(Nc1cccc2cccnc12)ON1C(=O)CCC1=O. The third kappa shape index (κ3) is 2.53. The first-order valence-electron chi connectivity index (χ1n) is 6.33. The summed E-state index contributed by atoms with van der Waals surface area (Å²) in [7, 11) is 0. The zero-order chi connectivity index (χ0) is 14.8. The molecule has 1 aromatic heterocycles. The van der Waals surface area contributed by atoms with E-state index in [2.05, 4.69) is 10.3 Å². The van der Waals surface area contributed by atoms with Crippen molar-refractivity contribution in [1.29, 1.82) is 0 Å². The normalized spacial score (nSPS) is 14.6. The van der Waals surface area contributed by atoms with Gasteiger partial charge in [0.25, 0.3) is 11.8 Å². The van der Waals surface area contributed by atoms with Gasteiger partial charge in [-0.25, -0.2) is 4.79 Å². The molecule has 1 aliphatic heterocycles. The number of anilines is 1. The maximum Gasteiger partial charge on any atom is 0.436 e. The van der Waals surface area contributed by atoms with Crippen molar-refractivity contribution in [3.63, 3.8) is 0 Å². The fourth-order valence-corrected chi connectivity index (χ4v) is 2.08. The number of hydrogen-bond donors (Lipinski definition) is 1. The molecule has 3 amide bonds. The third-order valence-electron chi connectivity index (χ3n) is 3.05. The molecule has 1 fully saturated rings. The molecule has 21 heavy (non-hydrogen) atoms. The van der Waals surface area contributed by atoms with Crippen LogP contribution < -0.4 is 5.32 Å². The quantitative estimate of drug-likeness (QED) is 0.850. The fraction of sp³-hybridized carbons (Fsp3) is 0.143. The molecule has 0 radical (unpaired) electrons. The Bertz CT molecular complexity index is 723. The number of rotatable bonds is 2. The van der Waals surface area contributed by atoms with Crippen LogP contribution >= 0.6 is 0 Å².